The first-order valence-corrected chi connectivity index (χ1v) is 4.06. The van der Waals surface area contributed by atoms with Gasteiger partial charge >= 0.3 is 12.1 Å². The zero-order valence-corrected chi connectivity index (χ0v) is 8.06. The summed E-state index contributed by atoms with van der Waals surface area (Å²) in [5.74, 6) is -3.13. The molecule has 0 spiro atoms. The van der Waals surface area contributed by atoms with Crippen LogP contribution < -0.4 is 10.1 Å². The molecule has 0 unspecified atom stereocenters. The molecule has 1 amide bonds. The number of benzene rings is 1. The van der Waals surface area contributed by atoms with Gasteiger partial charge in [-0.2, -0.15) is 13.2 Å². The summed E-state index contributed by atoms with van der Waals surface area (Å²) in [6, 6.07) is 2.95. The van der Waals surface area contributed by atoms with E-state index in [0.29, 0.717) is 0 Å². The lowest BCUT2D eigenvalue weighted by atomic mass is 10.3. The molecule has 16 heavy (non-hydrogen) atoms. The smallest absolute Gasteiger partial charge is 0.471 e. The molecule has 88 valence electrons. The molecule has 0 heterocycles. The third-order valence-corrected chi connectivity index (χ3v) is 1.67. The van der Waals surface area contributed by atoms with E-state index in [2.05, 4.69) is 4.74 Å². The van der Waals surface area contributed by atoms with Gasteiger partial charge < -0.3 is 10.1 Å². The van der Waals surface area contributed by atoms with Gasteiger partial charge in [0.2, 0.25) is 0 Å². The van der Waals surface area contributed by atoms with Crippen molar-refractivity contribution in [1.29, 1.82) is 0 Å². The van der Waals surface area contributed by atoms with Crippen LogP contribution in [0.3, 0.4) is 0 Å². The van der Waals surface area contributed by atoms with E-state index in [0.717, 1.165) is 18.2 Å². The van der Waals surface area contributed by atoms with E-state index in [4.69, 9.17) is 0 Å². The first-order valence-electron chi connectivity index (χ1n) is 4.06. The van der Waals surface area contributed by atoms with E-state index in [1.54, 1.807) is 0 Å². The van der Waals surface area contributed by atoms with Crippen LogP contribution in [0.5, 0.6) is 5.75 Å². The normalized spacial score (nSPS) is 11.1. The van der Waals surface area contributed by atoms with Crippen molar-refractivity contribution in [2.45, 2.75) is 6.18 Å². The Bertz CT molecular complexity index is 403. The summed E-state index contributed by atoms with van der Waals surface area (Å²) in [5, 5.41) is 1.51. The molecule has 0 bridgehead atoms. The molecule has 1 aromatic rings. The third-order valence-electron chi connectivity index (χ3n) is 1.67. The molecule has 3 nitrogen and oxygen atoms in total. The number of nitrogens with one attached hydrogen (secondary N) is 1. The van der Waals surface area contributed by atoms with Crippen LogP contribution in [0.2, 0.25) is 0 Å². The standard InChI is InChI=1S/C9H7F4NO2/c1-16-7-3-2-5(4-6(7)10)14-8(15)9(11,12)13/h2-4H,1H3,(H,14,15). The zero-order valence-electron chi connectivity index (χ0n) is 8.06. The number of rotatable bonds is 2. The van der Waals surface area contributed by atoms with Gasteiger partial charge in [0.15, 0.2) is 11.6 Å². The number of ether oxygens (including phenoxy) is 1. The van der Waals surface area contributed by atoms with Crippen molar-refractivity contribution in [1.82, 2.24) is 0 Å². The van der Waals surface area contributed by atoms with Crippen molar-refractivity contribution in [3.05, 3.63) is 24.0 Å². The maximum atomic E-state index is 13.0. The van der Waals surface area contributed by atoms with Gasteiger partial charge in [0.25, 0.3) is 0 Å². The van der Waals surface area contributed by atoms with Crippen molar-refractivity contribution in [2.75, 3.05) is 12.4 Å². The van der Waals surface area contributed by atoms with Gasteiger partial charge in [-0.15, -0.1) is 0 Å². The summed E-state index contributed by atoms with van der Waals surface area (Å²) >= 11 is 0. The van der Waals surface area contributed by atoms with Crippen LogP contribution in [0.4, 0.5) is 23.2 Å². The number of alkyl halides is 3. The molecule has 0 aliphatic carbocycles. The van der Waals surface area contributed by atoms with Gasteiger partial charge in [0.05, 0.1) is 7.11 Å². The van der Waals surface area contributed by atoms with Crippen LogP contribution in [0.25, 0.3) is 0 Å². The van der Waals surface area contributed by atoms with Crippen LogP contribution in [0.15, 0.2) is 18.2 Å². The van der Waals surface area contributed by atoms with Gasteiger partial charge in [0.1, 0.15) is 0 Å². The summed E-state index contributed by atoms with van der Waals surface area (Å²) < 4.78 is 53.2. The number of carbonyl (C=O) groups is 1. The number of halogens is 4. The molecular formula is C9H7F4NO2. The fourth-order valence-electron chi connectivity index (χ4n) is 0.946. The Morgan fingerprint density at radius 1 is 1.38 bits per heavy atom. The van der Waals surface area contributed by atoms with E-state index < -0.39 is 17.9 Å². The fourth-order valence-corrected chi connectivity index (χ4v) is 0.946. The molecule has 1 rings (SSSR count). The molecular weight excluding hydrogens is 230 g/mol. The second kappa shape index (κ2) is 4.38. The minimum absolute atomic E-state index is 0.120. The van der Waals surface area contributed by atoms with Crippen LogP contribution in [-0.2, 0) is 4.79 Å². The van der Waals surface area contributed by atoms with E-state index in [9.17, 15) is 22.4 Å². The molecule has 0 saturated heterocycles. The Kier molecular flexibility index (Phi) is 3.36. The fraction of sp³-hybridized carbons (Fsp3) is 0.222. The molecule has 1 aromatic carbocycles. The summed E-state index contributed by atoms with van der Waals surface area (Å²) in [6.07, 6.45) is -5.00. The lowest BCUT2D eigenvalue weighted by Crippen LogP contribution is -2.29. The lowest BCUT2D eigenvalue weighted by Gasteiger charge is -2.08. The maximum Gasteiger partial charge on any atom is 0.471 e. The molecule has 0 aliphatic rings. The van der Waals surface area contributed by atoms with Crippen molar-refractivity contribution in [2.24, 2.45) is 0 Å². The number of anilines is 1. The monoisotopic (exact) mass is 237 g/mol. The molecule has 0 fully saturated rings. The molecule has 0 saturated carbocycles. The van der Waals surface area contributed by atoms with Gasteiger partial charge in [-0.05, 0) is 12.1 Å². The Balaban J connectivity index is 2.84. The van der Waals surface area contributed by atoms with Crippen LogP contribution >= 0.6 is 0 Å². The van der Waals surface area contributed by atoms with Crippen LogP contribution in [-0.4, -0.2) is 19.2 Å². The van der Waals surface area contributed by atoms with E-state index in [1.165, 1.54) is 12.4 Å². The van der Waals surface area contributed by atoms with E-state index in [-0.39, 0.29) is 11.4 Å². The summed E-state index contributed by atoms with van der Waals surface area (Å²) in [4.78, 5) is 10.5. The molecule has 0 aromatic heterocycles. The first kappa shape index (κ1) is 12.3. The molecule has 0 atom stereocenters. The summed E-state index contributed by atoms with van der Waals surface area (Å²) in [7, 11) is 1.21. The van der Waals surface area contributed by atoms with Crippen LogP contribution in [0, 0.1) is 5.82 Å². The first-order chi connectivity index (χ1) is 7.34. The van der Waals surface area contributed by atoms with Gasteiger partial charge in [-0.3, -0.25) is 4.79 Å². The minimum atomic E-state index is -5.00. The highest BCUT2D eigenvalue weighted by Gasteiger charge is 2.38. The van der Waals surface area contributed by atoms with Crippen molar-refractivity contribution >= 4 is 11.6 Å². The Morgan fingerprint density at radius 2 is 2.00 bits per heavy atom. The Morgan fingerprint density at radius 3 is 2.44 bits per heavy atom. The average molecular weight is 237 g/mol. The highest BCUT2D eigenvalue weighted by Crippen LogP contribution is 2.23. The van der Waals surface area contributed by atoms with E-state index >= 15 is 0 Å². The molecule has 0 radical (unpaired) electrons. The number of carbonyl (C=O) groups excluding carboxylic acids is 1. The van der Waals surface area contributed by atoms with Gasteiger partial charge in [0, 0.05) is 11.8 Å². The predicted molar refractivity (Wildman–Crippen MR) is 47.6 cm³/mol. The SMILES string of the molecule is COc1ccc(NC(=O)C(F)(F)F)cc1F. The number of hydrogen-bond donors (Lipinski definition) is 1. The Hall–Kier alpha value is -1.79. The maximum absolute atomic E-state index is 13.0. The quantitative estimate of drug-likeness (QED) is 0.801. The predicted octanol–water partition coefficient (Wildman–Crippen LogP) is 2.34. The lowest BCUT2D eigenvalue weighted by molar-refractivity contribution is -0.167. The zero-order chi connectivity index (χ0) is 12.3. The Labute approximate surface area is 88.0 Å². The average Bonchev–Trinajstić information content (AvgIpc) is 2.16. The largest absolute Gasteiger partial charge is 0.494 e. The number of hydrogen-bond acceptors (Lipinski definition) is 2. The molecule has 0 aliphatic heterocycles. The second-order valence-corrected chi connectivity index (χ2v) is 2.80. The van der Waals surface area contributed by atoms with E-state index in [1.807, 2.05) is 0 Å². The highest BCUT2D eigenvalue weighted by molar-refractivity contribution is 5.94. The van der Waals surface area contributed by atoms with Crippen molar-refractivity contribution in [3.63, 3.8) is 0 Å². The van der Waals surface area contributed by atoms with Gasteiger partial charge in [-0.1, -0.05) is 0 Å². The minimum Gasteiger partial charge on any atom is -0.494 e. The molecule has 1 N–H and O–H groups in total. The topological polar surface area (TPSA) is 38.3 Å². The third kappa shape index (κ3) is 2.85. The van der Waals surface area contributed by atoms with Crippen molar-refractivity contribution < 1.29 is 27.1 Å². The summed E-state index contributed by atoms with van der Waals surface area (Å²) in [6.45, 7) is 0. The molecule has 7 heteroatoms. The van der Waals surface area contributed by atoms with Crippen molar-refractivity contribution in [3.8, 4) is 5.75 Å². The number of methoxy groups -OCH3 is 1. The van der Waals surface area contributed by atoms with Crippen LogP contribution in [0.1, 0.15) is 0 Å². The summed E-state index contributed by atoms with van der Waals surface area (Å²) in [5.41, 5.74) is -0.291. The second-order valence-electron chi connectivity index (χ2n) is 2.80. The number of amides is 1. The van der Waals surface area contributed by atoms with Gasteiger partial charge in [-0.25, -0.2) is 4.39 Å². The highest BCUT2D eigenvalue weighted by atomic mass is 19.4.